The molecule has 2 aromatic rings. The lowest BCUT2D eigenvalue weighted by Crippen LogP contribution is -2.31. The van der Waals surface area contributed by atoms with Crippen molar-refractivity contribution < 1.29 is 9.13 Å². The van der Waals surface area contributed by atoms with Crippen LogP contribution in [0.15, 0.2) is 48.5 Å². The van der Waals surface area contributed by atoms with Gasteiger partial charge in [-0.2, -0.15) is 0 Å². The number of rotatable bonds is 4. The fraction of sp³-hybridized carbons (Fsp3) is 0.294. The molecular weight excluding hydrogens is 253 g/mol. The fourth-order valence-corrected chi connectivity index (χ4v) is 2.63. The third-order valence-corrected chi connectivity index (χ3v) is 3.67. The molecule has 0 amide bonds. The van der Waals surface area contributed by atoms with E-state index in [0.29, 0.717) is 13.2 Å². The van der Waals surface area contributed by atoms with E-state index in [1.165, 1.54) is 17.2 Å². The Kier molecular flexibility index (Phi) is 4.09. The molecule has 3 rings (SSSR count). The zero-order valence-corrected chi connectivity index (χ0v) is 11.3. The summed E-state index contributed by atoms with van der Waals surface area (Å²) in [4.78, 5) is 0. The number of halogens is 1. The van der Waals surface area contributed by atoms with Crippen molar-refractivity contribution in [3.8, 4) is 0 Å². The van der Waals surface area contributed by atoms with Gasteiger partial charge in [-0.3, -0.25) is 0 Å². The molecule has 0 fully saturated rings. The number of hydrogen-bond acceptors (Lipinski definition) is 2. The predicted octanol–water partition coefficient (Wildman–Crippen LogP) is 3.23. The Morgan fingerprint density at radius 2 is 2.05 bits per heavy atom. The Morgan fingerprint density at radius 3 is 2.95 bits per heavy atom. The Balaban J connectivity index is 1.60. The van der Waals surface area contributed by atoms with E-state index in [2.05, 4.69) is 23.5 Å². The molecule has 1 aliphatic rings. The molecule has 1 unspecified atom stereocenters. The smallest absolute Gasteiger partial charge is 0.123 e. The van der Waals surface area contributed by atoms with Gasteiger partial charge < -0.3 is 10.1 Å². The maximum Gasteiger partial charge on any atom is 0.123 e. The first-order chi connectivity index (χ1) is 9.83. The molecule has 0 spiro atoms. The molecule has 3 heteroatoms. The normalized spacial score (nSPS) is 17.8. The van der Waals surface area contributed by atoms with E-state index in [0.717, 1.165) is 18.5 Å². The first kappa shape index (κ1) is 13.3. The summed E-state index contributed by atoms with van der Waals surface area (Å²) in [5, 5.41) is 3.50. The monoisotopic (exact) mass is 271 g/mol. The highest BCUT2D eigenvalue weighted by molar-refractivity contribution is 5.31. The first-order valence-corrected chi connectivity index (χ1v) is 6.96. The average Bonchev–Trinajstić information content (AvgIpc) is 2.48. The molecular formula is C17H18FNO. The van der Waals surface area contributed by atoms with Gasteiger partial charge in [0, 0.05) is 0 Å². The van der Waals surface area contributed by atoms with Crippen LogP contribution in [0.4, 0.5) is 4.39 Å². The Bertz CT molecular complexity index is 585. The zero-order valence-electron chi connectivity index (χ0n) is 11.3. The van der Waals surface area contributed by atoms with E-state index in [1.807, 2.05) is 12.1 Å². The second-order valence-electron chi connectivity index (χ2n) is 5.10. The van der Waals surface area contributed by atoms with E-state index in [4.69, 9.17) is 4.74 Å². The van der Waals surface area contributed by atoms with Crippen molar-refractivity contribution in [1.29, 1.82) is 0 Å². The van der Waals surface area contributed by atoms with Gasteiger partial charge >= 0.3 is 0 Å². The first-order valence-electron chi connectivity index (χ1n) is 6.96. The van der Waals surface area contributed by atoms with Gasteiger partial charge in [-0.25, -0.2) is 4.39 Å². The lowest BCUT2D eigenvalue weighted by Gasteiger charge is -2.26. The number of benzene rings is 2. The van der Waals surface area contributed by atoms with Gasteiger partial charge in [0.2, 0.25) is 0 Å². The van der Waals surface area contributed by atoms with Crippen LogP contribution in [0.25, 0.3) is 0 Å². The van der Waals surface area contributed by atoms with Crippen molar-refractivity contribution in [2.24, 2.45) is 0 Å². The van der Waals surface area contributed by atoms with Crippen molar-refractivity contribution >= 4 is 0 Å². The van der Waals surface area contributed by atoms with Crippen LogP contribution in [0, 0.1) is 5.82 Å². The third kappa shape index (κ3) is 3.06. The van der Waals surface area contributed by atoms with E-state index in [9.17, 15) is 4.39 Å². The zero-order chi connectivity index (χ0) is 13.8. The summed E-state index contributed by atoms with van der Waals surface area (Å²) < 4.78 is 18.7. The lowest BCUT2D eigenvalue weighted by molar-refractivity contribution is 0.0824. The Labute approximate surface area is 118 Å². The van der Waals surface area contributed by atoms with Crippen molar-refractivity contribution in [1.82, 2.24) is 5.32 Å². The molecule has 2 aromatic carbocycles. The largest absolute Gasteiger partial charge is 0.375 e. The van der Waals surface area contributed by atoms with Crippen LogP contribution >= 0.6 is 0 Å². The highest BCUT2D eigenvalue weighted by Crippen LogP contribution is 2.24. The van der Waals surface area contributed by atoms with Crippen LogP contribution in [-0.2, 0) is 17.8 Å². The highest BCUT2D eigenvalue weighted by atomic mass is 19.1. The molecule has 20 heavy (non-hydrogen) atoms. The molecule has 1 heterocycles. The van der Waals surface area contributed by atoms with Crippen LogP contribution in [0.3, 0.4) is 0 Å². The molecule has 0 radical (unpaired) electrons. The van der Waals surface area contributed by atoms with Gasteiger partial charge in [-0.15, -0.1) is 0 Å². The van der Waals surface area contributed by atoms with E-state index in [-0.39, 0.29) is 11.9 Å². The summed E-state index contributed by atoms with van der Waals surface area (Å²) in [5.74, 6) is -0.172. The van der Waals surface area contributed by atoms with Gasteiger partial charge in [-0.1, -0.05) is 36.4 Å². The summed E-state index contributed by atoms with van der Waals surface area (Å²) in [6.07, 6.45) is 0.816. The summed E-state index contributed by atoms with van der Waals surface area (Å²) in [6.45, 7) is 2.20. The molecule has 1 aliphatic heterocycles. The number of ether oxygens (including phenoxy) is 1. The Morgan fingerprint density at radius 1 is 1.15 bits per heavy atom. The van der Waals surface area contributed by atoms with Crippen LogP contribution < -0.4 is 5.32 Å². The summed E-state index contributed by atoms with van der Waals surface area (Å²) in [6, 6.07) is 15.4. The second-order valence-corrected chi connectivity index (χ2v) is 5.10. The SMILES string of the molecule is Fc1cccc(CCNC2COCc3ccccc32)c1. The highest BCUT2D eigenvalue weighted by Gasteiger charge is 2.19. The predicted molar refractivity (Wildman–Crippen MR) is 76.9 cm³/mol. The van der Waals surface area contributed by atoms with Gasteiger partial charge in [0.15, 0.2) is 0 Å². The number of fused-ring (bicyclic) bond motifs is 1. The van der Waals surface area contributed by atoms with Crippen LogP contribution in [0.5, 0.6) is 0 Å². The molecule has 0 saturated carbocycles. The molecule has 2 nitrogen and oxygen atoms in total. The second kappa shape index (κ2) is 6.16. The van der Waals surface area contributed by atoms with Gasteiger partial charge in [0.05, 0.1) is 19.3 Å². The van der Waals surface area contributed by atoms with E-state index in [1.54, 1.807) is 12.1 Å². The standard InChI is InChI=1S/C17H18FNO/c18-15-6-3-4-13(10-15)8-9-19-17-12-20-11-14-5-1-2-7-16(14)17/h1-7,10,17,19H,8-9,11-12H2. The molecule has 0 aromatic heterocycles. The molecule has 0 aliphatic carbocycles. The summed E-state index contributed by atoms with van der Waals surface area (Å²) in [5.41, 5.74) is 3.59. The van der Waals surface area contributed by atoms with Crippen LogP contribution in [0.2, 0.25) is 0 Å². The molecule has 1 N–H and O–H groups in total. The fourth-order valence-electron chi connectivity index (χ4n) is 2.63. The van der Waals surface area contributed by atoms with Gasteiger partial charge in [-0.05, 0) is 41.8 Å². The van der Waals surface area contributed by atoms with E-state index >= 15 is 0 Å². The van der Waals surface area contributed by atoms with Crippen molar-refractivity contribution in [2.75, 3.05) is 13.2 Å². The minimum absolute atomic E-state index is 0.172. The summed E-state index contributed by atoms with van der Waals surface area (Å²) >= 11 is 0. The average molecular weight is 271 g/mol. The topological polar surface area (TPSA) is 21.3 Å². The summed E-state index contributed by atoms with van der Waals surface area (Å²) in [7, 11) is 0. The Hall–Kier alpha value is -1.71. The van der Waals surface area contributed by atoms with Crippen LogP contribution in [0.1, 0.15) is 22.7 Å². The molecule has 0 bridgehead atoms. The minimum Gasteiger partial charge on any atom is -0.375 e. The quantitative estimate of drug-likeness (QED) is 0.922. The minimum atomic E-state index is -0.172. The molecule has 104 valence electrons. The van der Waals surface area contributed by atoms with Crippen molar-refractivity contribution in [2.45, 2.75) is 19.1 Å². The maximum atomic E-state index is 13.1. The number of nitrogens with one attached hydrogen (secondary N) is 1. The van der Waals surface area contributed by atoms with Gasteiger partial charge in [0.1, 0.15) is 5.82 Å². The van der Waals surface area contributed by atoms with Crippen LogP contribution in [-0.4, -0.2) is 13.2 Å². The van der Waals surface area contributed by atoms with E-state index < -0.39 is 0 Å². The number of hydrogen-bond donors (Lipinski definition) is 1. The van der Waals surface area contributed by atoms with Crippen molar-refractivity contribution in [3.63, 3.8) is 0 Å². The lowest BCUT2D eigenvalue weighted by atomic mass is 9.99. The third-order valence-electron chi connectivity index (χ3n) is 3.67. The van der Waals surface area contributed by atoms with Crippen molar-refractivity contribution in [3.05, 3.63) is 71.0 Å². The maximum absolute atomic E-state index is 13.1. The van der Waals surface area contributed by atoms with Gasteiger partial charge in [0.25, 0.3) is 0 Å². The molecule has 1 atom stereocenters. The molecule has 0 saturated heterocycles.